The fourth-order valence-electron chi connectivity index (χ4n) is 1.86. The Kier molecular flexibility index (Phi) is 4.95. The largest absolute Gasteiger partial charge is 0.348 e. The molecule has 0 aromatic carbocycles. The average Bonchev–Trinajstić information content (AvgIpc) is 2.69. The molecular formula is C13H25N3S. The van der Waals surface area contributed by atoms with E-state index < -0.39 is 0 Å². The summed E-state index contributed by atoms with van der Waals surface area (Å²) in [6.45, 7) is 13.6. The van der Waals surface area contributed by atoms with E-state index in [4.69, 9.17) is 10.7 Å². The number of thiazole rings is 1. The van der Waals surface area contributed by atoms with Crippen LogP contribution in [-0.2, 0) is 12.0 Å². The summed E-state index contributed by atoms with van der Waals surface area (Å²) in [5, 5.41) is 1.12. The maximum absolute atomic E-state index is 5.83. The van der Waals surface area contributed by atoms with Gasteiger partial charge in [0, 0.05) is 29.9 Å². The fraction of sp³-hybridized carbons (Fsp3) is 0.769. The molecule has 17 heavy (non-hydrogen) atoms. The molecule has 0 aliphatic rings. The van der Waals surface area contributed by atoms with Gasteiger partial charge in [0.05, 0.1) is 5.69 Å². The van der Waals surface area contributed by atoms with Crippen molar-refractivity contribution in [1.29, 1.82) is 0 Å². The minimum Gasteiger partial charge on any atom is -0.348 e. The lowest BCUT2D eigenvalue weighted by Gasteiger charge is -2.19. The molecule has 0 bridgehead atoms. The van der Waals surface area contributed by atoms with Crippen molar-refractivity contribution in [2.24, 2.45) is 5.73 Å². The van der Waals surface area contributed by atoms with Crippen molar-refractivity contribution < 1.29 is 0 Å². The Hall–Kier alpha value is -0.610. The van der Waals surface area contributed by atoms with Gasteiger partial charge in [-0.1, -0.05) is 27.7 Å². The van der Waals surface area contributed by atoms with Gasteiger partial charge >= 0.3 is 0 Å². The fourth-order valence-corrected chi connectivity index (χ4v) is 3.10. The van der Waals surface area contributed by atoms with Crippen LogP contribution < -0.4 is 10.6 Å². The van der Waals surface area contributed by atoms with E-state index in [1.807, 2.05) is 0 Å². The van der Waals surface area contributed by atoms with Gasteiger partial charge in [-0.3, -0.25) is 0 Å². The van der Waals surface area contributed by atoms with Crippen LogP contribution in [0.15, 0.2) is 0 Å². The smallest absolute Gasteiger partial charge is 0.185 e. The molecule has 0 saturated carbocycles. The van der Waals surface area contributed by atoms with E-state index in [1.165, 1.54) is 4.88 Å². The summed E-state index contributed by atoms with van der Waals surface area (Å²) in [5.74, 6) is 0. The third-order valence-corrected chi connectivity index (χ3v) is 3.87. The number of rotatable bonds is 5. The third kappa shape index (κ3) is 3.42. The molecule has 1 heterocycles. The second-order valence-electron chi connectivity index (χ2n) is 5.30. The summed E-state index contributed by atoms with van der Waals surface area (Å²) in [4.78, 5) is 8.36. The van der Waals surface area contributed by atoms with Gasteiger partial charge in [0.1, 0.15) is 0 Å². The topological polar surface area (TPSA) is 42.2 Å². The molecule has 2 N–H and O–H groups in total. The molecule has 1 aromatic rings. The second kappa shape index (κ2) is 5.83. The molecule has 0 atom stereocenters. The van der Waals surface area contributed by atoms with Crippen LogP contribution in [0.25, 0.3) is 0 Å². The van der Waals surface area contributed by atoms with Gasteiger partial charge in [0.2, 0.25) is 0 Å². The lowest BCUT2D eigenvalue weighted by atomic mass is 9.91. The molecular weight excluding hydrogens is 230 g/mol. The maximum atomic E-state index is 5.83. The van der Waals surface area contributed by atoms with Gasteiger partial charge in [-0.05, 0) is 13.3 Å². The van der Waals surface area contributed by atoms with Crippen molar-refractivity contribution >= 4 is 16.5 Å². The highest BCUT2D eigenvalue weighted by Crippen LogP contribution is 2.33. The number of hydrogen-bond donors (Lipinski definition) is 1. The Morgan fingerprint density at radius 2 is 1.94 bits per heavy atom. The van der Waals surface area contributed by atoms with Crippen molar-refractivity contribution in [3.63, 3.8) is 0 Å². The Morgan fingerprint density at radius 1 is 1.29 bits per heavy atom. The van der Waals surface area contributed by atoms with Gasteiger partial charge in [0.25, 0.3) is 0 Å². The van der Waals surface area contributed by atoms with Gasteiger partial charge in [-0.2, -0.15) is 0 Å². The van der Waals surface area contributed by atoms with E-state index >= 15 is 0 Å². The Bertz CT molecular complexity index is 352. The lowest BCUT2D eigenvalue weighted by Crippen LogP contribution is -2.23. The van der Waals surface area contributed by atoms with Crippen LogP contribution in [0.4, 0.5) is 5.13 Å². The predicted octanol–water partition coefficient (Wildman–Crippen LogP) is 3.14. The zero-order valence-electron chi connectivity index (χ0n) is 11.7. The minimum absolute atomic E-state index is 0.0785. The monoisotopic (exact) mass is 255 g/mol. The molecule has 0 spiro atoms. The molecule has 0 amide bonds. The van der Waals surface area contributed by atoms with E-state index in [1.54, 1.807) is 11.3 Å². The third-order valence-electron chi connectivity index (χ3n) is 2.73. The Morgan fingerprint density at radius 3 is 2.29 bits per heavy atom. The van der Waals surface area contributed by atoms with Crippen molar-refractivity contribution in [3.8, 4) is 0 Å². The zero-order chi connectivity index (χ0) is 13.1. The first-order valence-corrected chi connectivity index (χ1v) is 7.20. The molecule has 0 radical (unpaired) electrons. The summed E-state index contributed by atoms with van der Waals surface area (Å²) in [7, 11) is 0. The molecule has 1 aromatic heterocycles. The van der Waals surface area contributed by atoms with Crippen molar-refractivity contribution in [2.45, 2.75) is 53.0 Å². The number of hydrogen-bond acceptors (Lipinski definition) is 4. The molecule has 98 valence electrons. The quantitative estimate of drug-likeness (QED) is 0.879. The Balaban J connectivity index is 3.07. The summed E-state index contributed by atoms with van der Waals surface area (Å²) >= 11 is 1.75. The SMILES string of the molecule is CCCN(CC)c1nc(C(C)(C)C)c(CN)s1. The standard InChI is InChI=1S/C13H25N3S/c1-6-8-16(7-2)12-15-11(13(3,4)5)10(9-14)17-12/h6-9,14H2,1-5H3. The van der Waals surface area contributed by atoms with E-state index in [0.29, 0.717) is 6.54 Å². The molecule has 0 unspecified atom stereocenters. The highest BCUT2D eigenvalue weighted by atomic mass is 32.1. The van der Waals surface area contributed by atoms with Crippen LogP contribution in [0.5, 0.6) is 0 Å². The number of anilines is 1. The summed E-state index contributed by atoms with van der Waals surface area (Å²) in [6, 6.07) is 0. The molecule has 1 rings (SSSR count). The predicted molar refractivity (Wildman–Crippen MR) is 76.9 cm³/mol. The van der Waals surface area contributed by atoms with Gasteiger partial charge in [-0.25, -0.2) is 4.98 Å². The summed E-state index contributed by atoms with van der Waals surface area (Å²) in [5.41, 5.74) is 7.07. The summed E-state index contributed by atoms with van der Waals surface area (Å²) in [6.07, 6.45) is 1.15. The van der Waals surface area contributed by atoms with Crippen LogP contribution >= 0.6 is 11.3 Å². The minimum atomic E-state index is 0.0785. The summed E-state index contributed by atoms with van der Waals surface area (Å²) < 4.78 is 0. The van der Waals surface area contributed by atoms with E-state index in [9.17, 15) is 0 Å². The number of nitrogens with two attached hydrogens (primary N) is 1. The van der Waals surface area contributed by atoms with Crippen LogP contribution in [0.1, 0.15) is 51.6 Å². The highest BCUT2D eigenvalue weighted by Gasteiger charge is 2.23. The maximum Gasteiger partial charge on any atom is 0.185 e. The molecule has 0 aliphatic heterocycles. The van der Waals surface area contributed by atoms with E-state index in [2.05, 4.69) is 39.5 Å². The van der Waals surface area contributed by atoms with Crippen LogP contribution in [0, 0.1) is 0 Å². The van der Waals surface area contributed by atoms with Crippen LogP contribution in [-0.4, -0.2) is 18.1 Å². The van der Waals surface area contributed by atoms with Gasteiger partial charge in [0.15, 0.2) is 5.13 Å². The van der Waals surface area contributed by atoms with Crippen molar-refractivity contribution in [1.82, 2.24) is 4.98 Å². The Labute approximate surface area is 109 Å². The van der Waals surface area contributed by atoms with Crippen LogP contribution in [0.3, 0.4) is 0 Å². The molecule has 4 heteroatoms. The van der Waals surface area contributed by atoms with E-state index in [-0.39, 0.29) is 5.41 Å². The molecule has 0 saturated heterocycles. The molecule has 0 aliphatic carbocycles. The number of aromatic nitrogens is 1. The van der Waals surface area contributed by atoms with Gasteiger partial charge < -0.3 is 10.6 Å². The first-order valence-electron chi connectivity index (χ1n) is 6.39. The highest BCUT2D eigenvalue weighted by molar-refractivity contribution is 7.15. The van der Waals surface area contributed by atoms with Gasteiger partial charge in [-0.15, -0.1) is 11.3 Å². The van der Waals surface area contributed by atoms with Crippen molar-refractivity contribution in [3.05, 3.63) is 10.6 Å². The zero-order valence-corrected chi connectivity index (χ0v) is 12.5. The lowest BCUT2D eigenvalue weighted by molar-refractivity contribution is 0.565. The first-order chi connectivity index (χ1) is 7.93. The first kappa shape index (κ1) is 14.5. The van der Waals surface area contributed by atoms with Crippen LogP contribution in [0.2, 0.25) is 0 Å². The van der Waals surface area contributed by atoms with E-state index in [0.717, 1.165) is 30.3 Å². The normalized spacial score (nSPS) is 11.9. The molecule has 0 fully saturated rings. The van der Waals surface area contributed by atoms with Crippen molar-refractivity contribution in [2.75, 3.05) is 18.0 Å². The number of nitrogens with zero attached hydrogens (tertiary/aromatic N) is 2. The average molecular weight is 255 g/mol. The molecule has 3 nitrogen and oxygen atoms in total. The second-order valence-corrected chi connectivity index (χ2v) is 6.36.